The normalized spacial score (nSPS) is 26.8. The van der Waals surface area contributed by atoms with Crippen LogP contribution in [0.25, 0.3) is 0 Å². The lowest BCUT2D eigenvalue weighted by Crippen LogP contribution is -2.74. The van der Waals surface area contributed by atoms with Crippen molar-refractivity contribution in [2.45, 2.75) is 75.3 Å². The van der Waals surface area contributed by atoms with Gasteiger partial charge in [-0.3, -0.25) is 20.2 Å². The first kappa shape index (κ1) is 33.0. The summed E-state index contributed by atoms with van der Waals surface area (Å²) < 4.78 is 35.5. The summed E-state index contributed by atoms with van der Waals surface area (Å²) in [7, 11) is 1.35. The average Bonchev–Trinajstić information content (AvgIpc) is 3.26. The van der Waals surface area contributed by atoms with Crippen LogP contribution in [0.3, 0.4) is 0 Å². The van der Waals surface area contributed by atoms with Gasteiger partial charge < -0.3 is 28.4 Å². The average molecular weight is 619 g/mol. The number of ether oxygens (including phenoxy) is 6. The molecule has 41 heavy (non-hydrogen) atoms. The lowest BCUT2D eigenvalue weighted by Gasteiger charge is -2.54. The van der Waals surface area contributed by atoms with E-state index in [2.05, 4.69) is 5.32 Å². The summed E-state index contributed by atoms with van der Waals surface area (Å²) in [4.78, 5) is 49.1. The minimum atomic E-state index is -1.78. The summed E-state index contributed by atoms with van der Waals surface area (Å²) in [6.45, 7) is 2.93. The minimum absolute atomic E-state index is 0.115. The minimum Gasteiger partial charge on any atom is -0.441 e. The highest BCUT2D eigenvalue weighted by Gasteiger charge is 2.71. The molecule has 2 fully saturated rings. The summed E-state index contributed by atoms with van der Waals surface area (Å²) in [5.41, 5.74) is -0.594. The summed E-state index contributed by atoms with van der Waals surface area (Å²) in [6.07, 6.45) is -1.55. The van der Waals surface area contributed by atoms with Gasteiger partial charge in [0.05, 0.1) is 6.61 Å². The number of alkyl carbamates (subject to hydrolysis) is 2. The van der Waals surface area contributed by atoms with Crippen molar-refractivity contribution < 1.29 is 47.6 Å². The SMILES string of the molecule is CO[C@@H]1[C@H](OC(=O)NC(=O)CCl)CO[C@]2(COC(C)(C)O2)[C@]1(CCCCCc1ccccc1)OC(=O)NC(=O)CCl. The number of aryl methyl sites for hydroxylation is 1. The van der Waals surface area contributed by atoms with Crippen LogP contribution >= 0.6 is 23.2 Å². The molecule has 3 rings (SSSR count). The van der Waals surface area contributed by atoms with Crippen LogP contribution < -0.4 is 10.6 Å². The fourth-order valence-electron chi connectivity index (χ4n) is 5.10. The highest BCUT2D eigenvalue weighted by atomic mass is 35.5. The fraction of sp³-hybridized carbons (Fsp3) is 0.630. The first-order valence-corrected chi connectivity index (χ1v) is 14.3. The van der Waals surface area contributed by atoms with E-state index in [9.17, 15) is 19.2 Å². The number of amides is 4. The van der Waals surface area contributed by atoms with Gasteiger partial charge in [-0.05, 0) is 45.1 Å². The largest absolute Gasteiger partial charge is 0.441 e. The van der Waals surface area contributed by atoms with Gasteiger partial charge in [0, 0.05) is 7.11 Å². The van der Waals surface area contributed by atoms with E-state index in [1.165, 1.54) is 12.7 Å². The van der Waals surface area contributed by atoms with Gasteiger partial charge in [0.15, 0.2) is 17.5 Å². The van der Waals surface area contributed by atoms with E-state index < -0.39 is 65.1 Å². The van der Waals surface area contributed by atoms with E-state index in [4.69, 9.17) is 51.6 Å². The number of carbonyl (C=O) groups excluding carboxylic acids is 4. The molecule has 4 atom stereocenters. The third-order valence-electron chi connectivity index (χ3n) is 6.81. The number of alkyl halides is 2. The number of benzene rings is 1. The van der Waals surface area contributed by atoms with Crippen LogP contribution in [0.4, 0.5) is 9.59 Å². The van der Waals surface area contributed by atoms with Crippen LogP contribution in [-0.2, 0) is 44.4 Å². The summed E-state index contributed by atoms with van der Waals surface area (Å²) in [5, 5.41) is 4.06. The van der Waals surface area contributed by atoms with Gasteiger partial charge in [0.1, 0.15) is 24.5 Å². The predicted molar refractivity (Wildman–Crippen MR) is 146 cm³/mol. The van der Waals surface area contributed by atoms with Crippen molar-refractivity contribution in [2.75, 3.05) is 32.1 Å². The molecule has 1 spiro atoms. The van der Waals surface area contributed by atoms with Crippen molar-refractivity contribution in [1.82, 2.24) is 10.6 Å². The van der Waals surface area contributed by atoms with Gasteiger partial charge in [-0.25, -0.2) is 9.59 Å². The zero-order chi connectivity index (χ0) is 30.1. The third kappa shape index (κ3) is 8.30. The molecule has 0 unspecified atom stereocenters. The number of nitrogens with one attached hydrogen (secondary N) is 2. The number of hydrogen-bond donors (Lipinski definition) is 2. The van der Waals surface area contributed by atoms with E-state index in [1.54, 1.807) is 13.8 Å². The first-order valence-electron chi connectivity index (χ1n) is 13.2. The number of unbranched alkanes of at least 4 members (excludes halogenated alkanes) is 2. The lowest BCUT2D eigenvalue weighted by atomic mass is 9.77. The molecule has 0 radical (unpaired) electrons. The van der Waals surface area contributed by atoms with E-state index >= 15 is 0 Å². The molecule has 0 bridgehead atoms. The summed E-state index contributed by atoms with van der Waals surface area (Å²) in [6, 6.07) is 9.99. The van der Waals surface area contributed by atoms with Crippen molar-refractivity contribution >= 4 is 47.2 Å². The molecule has 1 aromatic rings. The lowest BCUT2D eigenvalue weighted by molar-refractivity contribution is -0.378. The Bertz CT molecular complexity index is 1080. The standard InChI is InChI=1S/C27H36Cl2N2O10/c1-25(2)38-17-27(41-25)26(40-24(35)31-21(33)15-29,13-9-5-8-12-18-10-6-4-7-11-18)22(36-3)19(16-37-27)39-23(34)30-20(32)14-28/h4,6-7,10-11,19,22H,5,8-9,12-17H2,1-3H3,(H,30,32,34)(H,31,33,35)/t19-,22-,26-,27+/m1/s1. The molecule has 0 aliphatic carbocycles. The molecule has 4 amide bonds. The van der Waals surface area contributed by atoms with Gasteiger partial charge in [0.2, 0.25) is 17.6 Å². The van der Waals surface area contributed by atoms with E-state index in [0.29, 0.717) is 6.42 Å². The molecule has 2 heterocycles. The van der Waals surface area contributed by atoms with E-state index in [-0.39, 0.29) is 19.6 Å². The highest BCUT2D eigenvalue weighted by Crippen LogP contribution is 2.50. The number of hydrogen-bond acceptors (Lipinski definition) is 10. The van der Waals surface area contributed by atoms with Crippen LogP contribution in [0, 0.1) is 0 Å². The Hall–Kier alpha value is -2.48. The van der Waals surface area contributed by atoms with Crippen molar-refractivity contribution in [2.24, 2.45) is 0 Å². The highest BCUT2D eigenvalue weighted by molar-refractivity contribution is 6.28. The molecule has 2 saturated heterocycles. The van der Waals surface area contributed by atoms with Gasteiger partial charge in [0.25, 0.3) is 0 Å². The van der Waals surface area contributed by atoms with Crippen LogP contribution in [0.15, 0.2) is 30.3 Å². The maximum absolute atomic E-state index is 13.0. The Balaban J connectivity index is 1.93. The second-order valence-electron chi connectivity index (χ2n) is 10.1. The van der Waals surface area contributed by atoms with Gasteiger partial charge in [-0.15, -0.1) is 23.2 Å². The molecule has 2 aliphatic heterocycles. The van der Waals surface area contributed by atoms with Crippen molar-refractivity contribution in [3.8, 4) is 0 Å². The van der Waals surface area contributed by atoms with Gasteiger partial charge >= 0.3 is 12.2 Å². The predicted octanol–water partition coefficient (Wildman–Crippen LogP) is 3.40. The third-order valence-corrected chi connectivity index (χ3v) is 7.30. The zero-order valence-electron chi connectivity index (χ0n) is 23.2. The van der Waals surface area contributed by atoms with Crippen molar-refractivity contribution in [3.63, 3.8) is 0 Å². The molecule has 1 aromatic carbocycles. The summed E-state index contributed by atoms with van der Waals surface area (Å²) in [5.74, 6) is -5.33. The first-order chi connectivity index (χ1) is 19.5. The summed E-state index contributed by atoms with van der Waals surface area (Å²) >= 11 is 11.1. The second kappa shape index (κ2) is 14.6. The monoisotopic (exact) mass is 618 g/mol. The number of halogens is 2. The van der Waals surface area contributed by atoms with Crippen LogP contribution in [-0.4, -0.2) is 85.5 Å². The zero-order valence-corrected chi connectivity index (χ0v) is 24.8. The van der Waals surface area contributed by atoms with Crippen LogP contribution in [0.1, 0.15) is 45.1 Å². The molecule has 0 saturated carbocycles. The van der Waals surface area contributed by atoms with Crippen molar-refractivity contribution in [1.29, 1.82) is 0 Å². The topological polar surface area (TPSA) is 148 Å². The van der Waals surface area contributed by atoms with Crippen LogP contribution in [0.5, 0.6) is 0 Å². The maximum atomic E-state index is 13.0. The van der Waals surface area contributed by atoms with Crippen LogP contribution in [0.2, 0.25) is 0 Å². The van der Waals surface area contributed by atoms with E-state index in [1.807, 2.05) is 35.6 Å². The number of methoxy groups -OCH3 is 1. The molecule has 2 aliphatic rings. The Morgan fingerprint density at radius 3 is 2.20 bits per heavy atom. The number of imide groups is 2. The molecule has 14 heteroatoms. The quantitative estimate of drug-likeness (QED) is 0.279. The molecule has 228 valence electrons. The smallest absolute Gasteiger partial charge is 0.414 e. The van der Waals surface area contributed by atoms with Gasteiger partial charge in [-0.2, -0.15) is 0 Å². The Labute approximate surface area is 248 Å². The molecule has 2 N–H and O–H groups in total. The molecular weight excluding hydrogens is 583 g/mol. The fourth-order valence-corrected chi connectivity index (χ4v) is 5.23. The Kier molecular flexibility index (Phi) is 11.8. The Morgan fingerprint density at radius 2 is 1.61 bits per heavy atom. The second-order valence-corrected chi connectivity index (χ2v) is 10.7. The molecular formula is C27H36Cl2N2O10. The maximum Gasteiger partial charge on any atom is 0.414 e. The Morgan fingerprint density at radius 1 is 0.951 bits per heavy atom. The van der Waals surface area contributed by atoms with E-state index in [0.717, 1.165) is 19.3 Å². The van der Waals surface area contributed by atoms with Gasteiger partial charge in [-0.1, -0.05) is 36.8 Å². The molecule has 0 aromatic heterocycles. The molecule has 12 nitrogen and oxygen atoms in total. The number of carbonyl (C=O) groups is 4. The number of rotatable bonds is 11. The van der Waals surface area contributed by atoms with Crippen molar-refractivity contribution in [3.05, 3.63) is 35.9 Å².